The summed E-state index contributed by atoms with van der Waals surface area (Å²) in [6.07, 6.45) is 17.3. The fourth-order valence-corrected chi connectivity index (χ4v) is 7.25. The summed E-state index contributed by atoms with van der Waals surface area (Å²) in [5.41, 5.74) is 8.16. The molecule has 0 nitrogen and oxygen atoms in total. The van der Waals surface area contributed by atoms with E-state index in [9.17, 15) is 0 Å². The van der Waals surface area contributed by atoms with Gasteiger partial charge in [0.1, 0.15) is 0 Å². The van der Waals surface area contributed by atoms with Crippen molar-refractivity contribution in [1.82, 2.24) is 0 Å². The molecule has 1 saturated carbocycles. The normalized spacial score (nSPS) is 14.1. The molecule has 0 heterocycles. The third-order valence-electron chi connectivity index (χ3n) is 8.81. The van der Waals surface area contributed by atoms with E-state index in [1.165, 1.54) is 87.0 Å². The molecule has 47 heavy (non-hydrogen) atoms. The molecule has 1 fully saturated rings. The third-order valence-corrected chi connectivity index (χ3v) is 10.0. The first kappa shape index (κ1) is 39.0. The Morgan fingerprint density at radius 1 is 0.617 bits per heavy atom. The molecule has 3 heteroatoms. The summed E-state index contributed by atoms with van der Waals surface area (Å²) in [5.74, 6) is 0. The molecule has 0 aromatic heterocycles. The maximum absolute atomic E-state index is 2.99. The van der Waals surface area contributed by atoms with Crippen LogP contribution in [0.1, 0.15) is 91.2 Å². The minimum atomic E-state index is 0. The quantitative estimate of drug-likeness (QED) is 0.179. The number of allylic oxidation sites excluding steroid dienone is 4. The van der Waals surface area contributed by atoms with Crippen LogP contribution in [0.15, 0.2) is 109 Å². The predicted molar refractivity (Wildman–Crippen MR) is 195 cm³/mol. The Hall–Kier alpha value is -2.44. The van der Waals surface area contributed by atoms with Gasteiger partial charge in [0.05, 0.1) is 0 Å². The van der Waals surface area contributed by atoms with Gasteiger partial charge in [-0.25, -0.2) is 12.2 Å². The van der Waals surface area contributed by atoms with Gasteiger partial charge in [-0.2, -0.15) is 6.08 Å². The molecular weight excluding hydrogens is 691 g/mol. The molecule has 244 valence electrons. The molecule has 0 atom stereocenters. The van der Waals surface area contributed by atoms with Crippen molar-refractivity contribution in [3.05, 3.63) is 126 Å². The van der Waals surface area contributed by atoms with Crippen LogP contribution in [0.2, 0.25) is 0 Å². The Morgan fingerprint density at radius 2 is 1.06 bits per heavy atom. The summed E-state index contributed by atoms with van der Waals surface area (Å²) in [4.78, 5) is 0. The van der Waals surface area contributed by atoms with Crippen LogP contribution in [0.5, 0.6) is 0 Å². The number of hydrogen-bond acceptors (Lipinski definition) is 0. The molecular formula is C44H48Cl2Zr-2. The van der Waals surface area contributed by atoms with E-state index < -0.39 is 0 Å². The fourth-order valence-electron chi connectivity index (χ4n) is 6.38. The van der Waals surface area contributed by atoms with Crippen molar-refractivity contribution in [2.45, 2.75) is 90.9 Å². The van der Waals surface area contributed by atoms with Gasteiger partial charge in [0.15, 0.2) is 0 Å². The molecule has 5 aromatic rings. The van der Waals surface area contributed by atoms with E-state index in [2.05, 4.69) is 145 Å². The second-order valence-corrected chi connectivity index (χ2v) is 16.3. The van der Waals surface area contributed by atoms with Gasteiger partial charge in [0, 0.05) is 0 Å². The van der Waals surface area contributed by atoms with Crippen LogP contribution in [0.4, 0.5) is 0 Å². The first-order valence-corrected chi connectivity index (χ1v) is 17.9. The summed E-state index contributed by atoms with van der Waals surface area (Å²) in [6.45, 7) is 13.9. The average Bonchev–Trinajstić information content (AvgIpc) is 3.72. The first-order valence-electron chi connectivity index (χ1n) is 16.6. The molecule has 7 rings (SSSR count). The van der Waals surface area contributed by atoms with Crippen molar-refractivity contribution >= 4 is 24.8 Å². The molecule has 0 radical (unpaired) electrons. The monoisotopic (exact) mass is 736 g/mol. The van der Waals surface area contributed by atoms with Gasteiger partial charge in [-0.05, 0) is 44.2 Å². The molecule has 0 N–H and O–H groups in total. The standard InChI is InChI=1S/C33H33.C6H10.C5H5.2ClH.Zr/c1-32(2,3)30-20-26-24(18-28(30)22-13-9-7-10-14-22)17-25-19-29(23-15-11-8-12-16-23)31(21-27(25)26)33(4,5)6;1-2-4-6-5-3-1;1-2-4-5-3-1;;;/h7-21H,1-6H3;1-5H2;1-3H,4H2;2*1H;/q-1;;-1;;;+2/p-2. The topological polar surface area (TPSA) is 0 Å². The molecule has 0 spiro atoms. The molecule has 0 amide bonds. The number of fused-ring (bicyclic) bond motifs is 3. The van der Waals surface area contributed by atoms with Crippen molar-refractivity contribution in [1.29, 1.82) is 0 Å². The van der Waals surface area contributed by atoms with Gasteiger partial charge in [-0.1, -0.05) is 114 Å². The Kier molecular flexibility index (Phi) is 14.3. The molecule has 0 aliphatic heterocycles. The Labute approximate surface area is 311 Å². The Bertz CT molecular complexity index is 1680. The minimum absolute atomic E-state index is 0. The number of halogens is 2. The van der Waals surface area contributed by atoms with Crippen LogP contribution < -0.4 is 24.8 Å². The Morgan fingerprint density at radius 3 is 1.36 bits per heavy atom. The molecule has 0 unspecified atom stereocenters. The van der Waals surface area contributed by atoms with Gasteiger partial charge in [-0.15, -0.1) is 46.2 Å². The maximum atomic E-state index is 2.99. The molecule has 2 aliphatic carbocycles. The van der Waals surface area contributed by atoms with E-state index in [1.807, 2.05) is 12.2 Å². The zero-order valence-corrected chi connectivity index (χ0v) is 32.9. The van der Waals surface area contributed by atoms with E-state index in [0.717, 1.165) is 6.42 Å². The summed E-state index contributed by atoms with van der Waals surface area (Å²) < 4.78 is 1.80. The van der Waals surface area contributed by atoms with E-state index in [1.54, 1.807) is 27.4 Å². The van der Waals surface area contributed by atoms with E-state index >= 15 is 0 Å². The van der Waals surface area contributed by atoms with Crippen molar-refractivity contribution in [3.63, 3.8) is 0 Å². The van der Waals surface area contributed by atoms with Crippen molar-refractivity contribution in [2.75, 3.05) is 0 Å². The van der Waals surface area contributed by atoms with Gasteiger partial charge >= 0.3 is 59.5 Å². The van der Waals surface area contributed by atoms with Crippen molar-refractivity contribution < 1.29 is 49.0 Å². The van der Waals surface area contributed by atoms with E-state index in [-0.39, 0.29) is 35.6 Å². The van der Waals surface area contributed by atoms with Crippen molar-refractivity contribution in [3.8, 4) is 22.3 Å². The van der Waals surface area contributed by atoms with Gasteiger partial charge in [-0.3, -0.25) is 6.08 Å². The number of hydrogen-bond donors (Lipinski definition) is 0. The van der Waals surface area contributed by atoms with Crippen LogP contribution >= 0.6 is 0 Å². The van der Waals surface area contributed by atoms with E-state index in [4.69, 9.17) is 0 Å². The van der Waals surface area contributed by atoms with Crippen LogP contribution in [-0.4, -0.2) is 3.21 Å². The van der Waals surface area contributed by atoms with Gasteiger partial charge < -0.3 is 24.8 Å². The van der Waals surface area contributed by atoms with Crippen molar-refractivity contribution in [2.24, 2.45) is 0 Å². The van der Waals surface area contributed by atoms with Crippen LogP contribution in [0.3, 0.4) is 0 Å². The van der Waals surface area contributed by atoms with Gasteiger partial charge in [0.25, 0.3) is 0 Å². The molecule has 0 bridgehead atoms. The van der Waals surface area contributed by atoms with Crippen LogP contribution in [0.25, 0.3) is 43.8 Å². The van der Waals surface area contributed by atoms with E-state index in [0.29, 0.717) is 0 Å². The SMILES string of the molecule is CC(C)(C)c1cc2c(cc1-c1ccccc1)[cH-]c1cc(-c3ccccc3)c(C(C)(C)C)cc12.[C-]1=CC=CC1.[Cl-].[Cl-].[Zr+2]=[C]1CCCCC1. The third kappa shape index (κ3) is 10.0. The fraction of sp³-hybridized carbons (Fsp3) is 0.318. The summed E-state index contributed by atoms with van der Waals surface area (Å²) >= 11 is 1.69. The van der Waals surface area contributed by atoms with Crippen LogP contribution in [-0.2, 0) is 35.1 Å². The van der Waals surface area contributed by atoms with Crippen LogP contribution in [0, 0.1) is 6.08 Å². The summed E-state index contributed by atoms with van der Waals surface area (Å²) in [7, 11) is 0. The zero-order chi connectivity index (χ0) is 32.0. The Balaban J connectivity index is 0.000000360. The number of rotatable bonds is 2. The second-order valence-electron chi connectivity index (χ2n) is 14.5. The first-order chi connectivity index (χ1) is 21.5. The second kappa shape index (κ2) is 17.3. The molecule has 0 saturated heterocycles. The van der Waals surface area contributed by atoms with Gasteiger partial charge in [0.2, 0.25) is 0 Å². The summed E-state index contributed by atoms with van der Waals surface area (Å²) in [5, 5.41) is 5.36. The average molecular weight is 739 g/mol. The number of benzene rings is 4. The summed E-state index contributed by atoms with van der Waals surface area (Å²) in [6, 6.07) is 33.7. The molecule has 5 aromatic carbocycles. The predicted octanol–water partition coefficient (Wildman–Crippen LogP) is 6.62. The molecule has 2 aliphatic rings. The zero-order valence-electron chi connectivity index (χ0n) is 28.9.